The molecule has 5 aliphatic rings. The van der Waals surface area contributed by atoms with Gasteiger partial charge >= 0.3 is 17.9 Å². The minimum Gasteiger partial charge on any atom is -0.458 e. The van der Waals surface area contributed by atoms with Gasteiger partial charge in [0.1, 0.15) is 6.10 Å². The standard InChI is InChI=1S/C26H38O8/c1-6-8-16(28)32-20-18(31-13(2)27)19-24(3,4)11-7-12-25(19,5)15-10-9-14-17-22(33-21(14)29)34-23(30)26(15,17)20/h14-15,17-20,22-23,30H,6-12H2,1-5H3/t14-,15-,17+,18-,19+,20-,22+,23?,25-,26+/m1/s1. The second-order valence-electron chi connectivity index (χ2n) is 12.1. The summed E-state index contributed by atoms with van der Waals surface area (Å²) in [6.07, 6.45) is 1.24. The molecule has 3 saturated carbocycles. The van der Waals surface area contributed by atoms with Crippen molar-refractivity contribution in [1.82, 2.24) is 0 Å². The Hall–Kier alpha value is -1.67. The average Bonchev–Trinajstić information content (AvgIpc) is 3.20. The third-order valence-electron chi connectivity index (χ3n) is 9.92. The van der Waals surface area contributed by atoms with Crippen LogP contribution in [0.3, 0.4) is 0 Å². The molecule has 8 heteroatoms. The van der Waals surface area contributed by atoms with Gasteiger partial charge in [-0.15, -0.1) is 0 Å². The molecule has 34 heavy (non-hydrogen) atoms. The smallest absolute Gasteiger partial charge is 0.311 e. The largest absolute Gasteiger partial charge is 0.458 e. The van der Waals surface area contributed by atoms with E-state index in [1.807, 2.05) is 6.92 Å². The number of carbonyl (C=O) groups is 3. The Labute approximate surface area is 201 Å². The molecular formula is C26H38O8. The first-order valence-electron chi connectivity index (χ1n) is 12.9. The Morgan fingerprint density at radius 1 is 1.15 bits per heavy atom. The lowest BCUT2D eigenvalue weighted by Crippen LogP contribution is -2.73. The highest BCUT2D eigenvalue weighted by molar-refractivity contribution is 5.76. The van der Waals surface area contributed by atoms with E-state index in [2.05, 4.69) is 20.8 Å². The molecule has 5 fully saturated rings. The molecule has 0 bridgehead atoms. The normalized spacial score (nSPS) is 48.2. The van der Waals surface area contributed by atoms with Crippen molar-refractivity contribution in [2.75, 3.05) is 0 Å². The molecule has 0 aromatic heterocycles. The van der Waals surface area contributed by atoms with Crippen molar-refractivity contribution >= 4 is 17.9 Å². The number of carbonyl (C=O) groups excluding carboxylic acids is 3. The van der Waals surface area contributed by atoms with Gasteiger partial charge in [-0.3, -0.25) is 14.4 Å². The predicted octanol–water partition coefficient (Wildman–Crippen LogP) is 3.34. The van der Waals surface area contributed by atoms with Crippen LogP contribution in [-0.2, 0) is 33.3 Å². The lowest BCUT2D eigenvalue weighted by molar-refractivity contribution is -0.310. The number of aliphatic hydroxyl groups excluding tert-OH is 1. The number of hydrogen-bond acceptors (Lipinski definition) is 8. The third kappa shape index (κ3) is 3.06. The van der Waals surface area contributed by atoms with Gasteiger partial charge < -0.3 is 24.1 Å². The molecule has 0 radical (unpaired) electrons. The molecule has 0 aromatic carbocycles. The van der Waals surface area contributed by atoms with Gasteiger partial charge in [0.05, 0.1) is 11.3 Å². The summed E-state index contributed by atoms with van der Waals surface area (Å²) in [5.74, 6) is -2.19. The van der Waals surface area contributed by atoms with Gasteiger partial charge in [0.15, 0.2) is 12.4 Å². The van der Waals surface area contributed by atoms with E-state index in [1.165, 1.54) is 6.92 Å². The number of aliphatic hydroxyl groups is 1. The van der Waals surface area contributed by atoms with Gasteiger partial charge in [-0.05, 0) is 48.9 Å². The zero-order chi connectivity index (χ0) is 24.6. The van der Waals surface area contributed by atoms with Crippen LogP contribution < -0.4 is 0 Å². The van der Waals surface area contributed by atoms with E-state index in [0.29, 0.717) is 19.3 Å². The van der Waals surface area contributed by atoms with E-state index < -0.39 is 54.0 Å². The zero-order valence-corrected chi connectivity index (χ0v) is 20.9. The van der Waals surface area contributed by atoms with Crippen molar-refractivity contribution in [3.05, 3.63) is 0 Å². The monoisotopic (exact) mass is 478 g/mol. The Morgan fingerprint density at radius 2 is 1.88 bits per heavy atom. The van der Waals surface area contributed by atoms with Crippen molar-refractivity contribution in [2.24, 2.45) is 39.9 Å². The molecule has 2 aliphatic heterocycles. The van der Waals surface area contributed by atoms with Crippen LogP contribution in [0.1, 0.15) is 79.6 Å². The first-order valence-corrected chi connectivity index (χ1v) is 12.9. The quantitative estimate of drug-likeness (QED) is 0.484. The van der Waals surface area contributed by atoms with E-state index in [1.54, 1.807) is 0 Å². The summed E-state index contributed by atoms with van der Waals surface area (Å²) >= 11 is 0. The maximum Gasteiger partial charge on any atom is 0.311 e. The fourth-order valence-corrected chi connectivity index (χ4v) is 9.14. The second kappa shape index (κ2) is 7.92. The molecule has 10 atom stereocenters. The maximum atomic E-state index is 13.0. The molecule has 1 unspecified atom stereocenters. The predicted molar refractivity (Wildman–Crippen MR) is 119 cm³/mol. The van der Waals surface area contributed by atoms with E-state index in [0.717, 1.165) is 19.3 Å². The van der Waals surface area contributed by atoms with E-state index in [9.17, 15) is 19.5 Å². The summed E-state index contributed by atoms with van der Waals surface area (Å²) in [7, 11) is 0. The van der Waals surface area contributed by atoms with Crippen molar-refractivity contribution < 1.29 is 38.4 Å². The summed E-state index contributed by atoms with van der Waals surface area (Å²) < 4.78 is 23.8. The van der Waals surface area contributed by atoms with Gasteiger partial charge in [-0.2, -0.15) is 0 Å². The van der Waals surface area contributed by atoms with Crippen LogP contribution in [0.4, 0.5) is 0 Å². The van der Waals surface area contributed by atoms with Crippen molar-refractivity contribution in [1.29, 1.82) is 0 Å². The highest BCUT2D eigenvalue weighted by Gasteiger charge is 2.81. The number of rotatable bonds is 4. The molecule has 5 rings (SSSR count). The van der Waals surface area contributed by atoms with Crippen molar-refractivity contribution in [3.8, 4) is 0 Å². The fourth-order valence-electron chi connectivity index (χ4n) is 9.14. The molecular weight excluding hydrogens is 440 g/mol. The molecule has 0 aromatic rings. The number of hydrogen-bond donors (Lipinski definition) is 1. The lowest BCUT2D eigenvalue weighted by Gasteiger charge is -2.68. The van der Waals surface area contributed by atoms with Crippen molar-refractivity contribution in [3.63, 3.8) is 0 Å². The molecule has 1 N–H and O–H groups in total. The van der Waals surface area contributed by atoms with E-state index >= 15 is 0 Å². The highest BCUT2D eigenvalue weighted by atomic mass is 16.8. The summed E-state index contributed by atoms with van der Waals surface area (Å²) in [4.78, 5) is 38.2. The average molecular weight is 479 g/mol. The molecule has 1 spiro atoms. The summed E-state index contributed by atoms with van der Waals surface area (Å²) in [5, 5.41) is 11.6. The fraction of sp³-hybridized carbons (Fsp3) is 0.885. The number of fused-ring (bicyclic) bond motifs is 2. The van der Waals surface area contributed by atoms with Gasteiger partial charge in [0.25, 0.3) is 0 Å². The lowest BCUT2D eigenvalue weighted by atomic mass is 9.37. The molecule has 8 nitrogen and oxygen atoms in total. The molecule has 190 valence electrons. The van der Waals surface area contributed by atoms with E-state index in [4.69, 9.17) is 18.9 Å². The first-order chi connectivity index (χ1) is 16.0. The minimum atomic E-state index is -1.29. The Balaban J connectivity index is 1.73. The first kappa shape index (κ1) is 24.0. The van der Waals surface area contributed by atoms with Crippen LogP contribution in [0.5, 0.6) is 0 Å². The summed E-state index contributed by atoms with van der Waals surface area (Å²) in [6.45, 7) is 9.92. The van der Waals surface area contributed by atoms with Crippen LogP contribution in [0, 0.1) is 39.9 Å². The summed E-state index contributed by atoms with van der Waals surface area (Å²) in [6, 6.07) is 0. The Bertz CT molecular complexity index is 884. The summed E-state index contributed by atoms with van der Waals surface area (Å²) in [5.41, 5.74) is -1.56. The Kier molecular flexibility index (Phi) is 5.60. The molecule has 0 amide bonds. The topological polar surface area (TPSA) is 108 Å². The van der Waals surface area contributed by atoms with Crippen LogP contribution >= 0.6 is 0 Å². The van der Waals surface area contributed by atoms with Crippen LogP contribution in [0.25, 0.3) is 0 Å². The molecule has 2 saturated heterocycles. The highest BCUT2D eigenvalue weighted by Crippen LogP contribution is 2.74. The zero-order valence-electron chi connectivity index (χ0n) is 20.9. The van der Waals surface area contributed by atoms with Gasteiger partial charge in [0, 0.05) is 25.2 Å². The van der Waals surface area contributed by atoms with Gasteiger partial charge in [-0.1, -0.05) is 34.1 Å². The Morgan fingerprint density at radius 3 is 2.56 bits per heavy atom. The maximum absolute atomic E-state index is 13.0. The third-order valence-corrected chi connectivity index (χ3v) is 9.92. The van der Waals surface area contributed by atoms with Crippen LogP contribution in [-0.4, -0.2) is 47.8 Å². The van der Waals surface area contributed by atoms with Gasteiger partial charge in [-0.25, -0.2) is 0 Å². The van der Waals surface area contributed by atoms with E-state index in [-0.39, 0.29) is 35.1 Å². The van der Waals surface area contributed by atoms with Crippen LogP contribution in [0.2, 0.25) is 0 Å². The molecule has 3 aliphatic carbocycles. The van der Waals surface area contributed by atoms with Gasteiger partial charge in [0.2, 0.25) is 6.29 Å². The number of ether oxygens (including phenoxy) is 4. The molecule has 2 heterocycles. The second-order valence-corrected chi connectivity index (χ2v) is 12.1. The van der Waals surface area contributed by atoms with Crippen LogP contribution in [0.15, 0.2) is 0 Å². The van der Waals surface area contributed by atoms with Crippen molar-refractivity contribution in [2.45, 2.75) is 104 Å². The minimum absolute atomic E-state index is 0.0754. The number of esters is 3. The SMILES string of the molecule is CCCC(=O)O[C@@H]1[C@H](OC(C)=O)[C@H]2C(C)(C)CCC[C@]2(C)[C@H]2CC[C@H]3C(=O)O[C@H]4OC(O)[C@@]12[C@H]43.